The van der Waals surface area contributed by atoms with E-state index in [9.17, 15) is 4.79 Å². The molecule has 0 spiro atoms. The van der Waals surface area contributed by atoms with Gasteiger partial charge in [-0.15, -0.1) is 6.42 Å². The minimum atomic E-state index is -0.624. The van der Waals surface area contributed by atoms with E-state index in [1.54, 1.807) is 0 Å². The molecule has 1 rings (SSSR count). The highest BCUT2D eigenvalue weighted by Gasteiger charge is 2.51. The molecule has 1 fully saturated rings. The highest BCUT2D eigenvalue weighted by atomic mass is 16.5. The van der Waals surface area contributed by atoms with E-state index in [4.69, 9.17) is 15.9 Å². The number of methoxy groups -OCH3 is 1. The van der Waals surface area contributed by atoms with Crippen LogP contribution in [0.15, 0.2) is 0 Å². The number of hydrogen-bond donors (Lipinski definition) is 1. The van der Waals surface area contributed by atoms with Gasteiger partial charge >= 0.3 is 5.97 Å². The summed E-state index contributed by atoms with van der Waals surface area (Å²) >= 11 is 0. The molecule has 1 saturated carbocycles. The number of ether oxygens (including phenoxy) is 2. The van der Waals surface area contributed by atoms with Crippen LogP contribution in [0.4, 0.5) is 0 Å². The number of hydrogen-bond acceptors (Lipinski definition) is 4. The third kappa shape index (κ3) is 2.49. The molecule has 0 aromatic rings. The SMILES string of the molecule is C#CCNC1(C(=O)OC)CC(OCC)C1. The maximum atomic E-state index is 11.6. The zero-order chi connectivity index (χ0) is 11.3. The molecule has 84 valence electrons. The lowest BCUT2D eigenvalue weighted by molar-refractivity contribution is -0.161. The lowest BCUT2D eigenvalue weighted by atomic mass is 9.74. The summed E-state index contributed by atoms with van der Waals surface area (Å²) in [6, 6.07) is 0. The largest absolute Gasteiger partial charge is 0.468 e. The lowest BCUT2D eigenvalue weighted by Gasteiger charge is -2.44. The standard InChI is InChI=1S/C11H17NO3/c1-4-6-12-11(10(13)14-3)7-9(8-11)15-5-2/h1,9,12H,5-8H2,2-3H3. The van der Waals surface area contributed by atoms with E-state index in [-0.39, 0.29) is 12.1 Å². The fourth-order valence-electron chi connectivity index (χ4n) is 1.87. The van der Waals surface area contributed by atoms with E-state index < -0.39 is 5.54 Å². The predicted octanol–water partition coefficient (Wildman–Crippen LogP) is 0.320. The van der Waals surface area contributed by atoms with Crippen LogP contribution >= 0.6 is 0 Å². The number of rotatable bonds is 5. The molecule has 0 heterocycles. The van der Waals surface area contributed by atoms with Crippen LogP contribution < -0.4 is 5.32 Å². The molecular weight excluding hydrogens is 194 g/mol. The smallest absolute Gasteiger partial charge is 0.326 e. The van der Waals surface area contributed by atoms with Gasteiger partial charge in [0, 0.05) is 19.4 Å². The van der Waals surface area contributed by atoms with Gasteiger partial charge < -0.3 is 9.47 Å². The quantitative estimate of drug-likeness (QED) is 0.525. The van der Waals surface area contributed by atoms with Crippen LogP contribution in [-0.4, -0.2) is 37.9 Å². The van der Waals surface area contributed by atoms with E-state index >= 15 is 0 Å². The van der Waals surface area contributed by atoms with Crippen molar-refractivity contribution in [3.05, 3.63) is 0 Å². The van der Waals surface area contributed by atoms with E-state index in [1.807, 2.05) is 6.92 Å². The van der Waals surface area contributed by atoms with Gasteiger partial charge in [0.1, 0.15) is 5.54 Å². The Kier molecular flexibility index (Phi) is 4.13. The third-order valence-electron chi connectivity index (χ3n) is 2.66. The molecule has 0 radical (unpaired) electrons. The Morgan fingerprint density at radius 1 is 1.67 bits per heavy atom. The molecule has 0 aliphatic heterocycles. The zero-order valence-corrected chi connectivity index (χ0v) is 9.21. The van der Waals surface area contributed by atoms with Crippen LogP contribution in [0, 0.1) is 12.3 Å². The second kappa shape index (κ2) is 5.15. The van der Waals surface area contributed by atoms with Gasteiger partial charge in [0.25, 0.3) is 0 Å². The first kappa shape index (κ1) is 12.0. The Labute approximate surface area is 90.3 Å². The maximum Gasteiger partial charge on any atom is 0.326 e. The lowest BCUT2D eigenvalue weighted by Crippen LogP contribution is -2.63. The normalized spacial score (nSPS) is 29.0. The highest BCUT2D eigenvalue weighted by Crippen LogP contribution is 2.35. The molecule has 0 amide bonds. The molecule has 0 aromatic carbocycles. The molecule has 1 aliphatic carbocycles. The summed E-state index contributed by atoms with van der Waals surface area (Å²) in [6.45, 7) is 2.97. The maximum absolute atomic E-state index is 11.6. The number of esters is 1. The molecule has 1 N–H and O–H groups in total. The second-order valence-corrected chi connectivity index (χ2v) is 3.62. The summed E-state index contributed by atoms with van der Waals surface area (Å²) in [7, 11) is 1.38. The molecule has 0 aromatic heterocycles. The van der Waals surface area contributed by atoms with Gasteiger partial charge in [-0.2, -0.15) is 0 Å². The Bertz CT molecular complexity index is 263. The van der Waals surface area contributed by atoms with Crippen LogP contribution in [0.5, 0.6) is 0 Å². The minimum Gasteiger partial charge on any atom is -0.468 e. The van der Waals surface area contributed by atoms with Crippen molar-refractivity contribution >= 4 is 5.97 Å². The molecule has 0 unspecified atom stereocenters. The first-order chi connectivity index (χ1) is 7.18. The van der Waals surface area contributed by atoms with Gasteiger partial charge in [-0.3, -0.25) is 10.1 Å². The van der Waals surface area contributed by atoms with Crippen molar-refractivity contribution in [2.45, 2.75) is 31.4 Å². The second-order valence-electron chi connectivity index (χ2n) is 3.62. The number of carbonyl (C=O) groups excluding carboxylic acids is 1. The van der Waals surface area contributed by atoms with Crippen molar-refractivity contribution in [2.75, 3.05) is 20.3 Å². The Morgan fingerprint density at radius 3 is 2.80 bits per heavy atom. The average molecular weight is 211 g/mol. The Balaban J connectivity index is 2.51. The highest BCUT2D eigenvalue weighted by molar-refractivity contribution is 5.82. The molecular formula is C11H17NO3. The van der Waals surface area contributed by atoms with Crippen LogP contribution in [0.3, 0.4) is 0 Å². The van der Waals surface area contributed by atoms with E-state index in [0.717, 1.165) is 0 Å². The Hall–Kier alpha value is -1.05. The first-order valence-corrected chi connectivity index (χ1v) is 5.07. The summed E-state index contributed by atoms with van der Waals surface area (Å²) in [5.41, 5.74) is -0.624. The van der Waals surface area contributed by atoms with E-state index in [1.165, 1.54) is 7.11 Å². The van der Waals surface area contributed by atoms with Crippen molar-refractivity contribution in [1.29, 1.82) is 0 Å². The fourth-order valence-corrected chi connectivity index (χ4v) is 1.87. The summed E-state index contributed by atoms with van der Waals surface area (Å²) in [4.78, 5) is 11.6. The van der Waals surface area contributed by atoms with Crippen molar-refractivity contribution in [1.82, 2.24) is 5.32 Å². The van der Waals surface area contributed by atoms with Crippen molar-refractivity contribution in [3.8, 4) is 12.3 Å². The summed E-state index contributed by atoms with van der Waals surface area (Å²) < 4.78 is 10.2. The van der Waals surface area contributed by atoms with Gasteiger partial charge in [0.05, 0.1) is 19.8 Å². The van der Waals surface area contributed by atoms with E-state index in [2.05, 4.69) is 11.2 Å². The summed E-state index contributed by atoms with van der Waals surface area (Å²) in [6.07, 6.45) is 6.56. The molecule has 4 heteroatoms. The topological polar surface area (TPSA) is 47.6 Å². The van der Waals surface area contributed by atoms with Gasteiger partial charge in [-0.1, -0.05) is 5.92 Å². The van der Waals surface area contributed by atoms with Crippen LogP contribution in [0.25, 0.3) is 0 Å². The summed E-state index contributed by atoms with van der Waals surface area (Å²) in [5, 5.41) is 3.03. The molecule has 0 atom stereocenters. The monoisotopic (exact) mass is 211 g/mol. The molecule has 1 aliphatic rings. The van der Waals surface area contributed by atoms with Crippen molar-refractivity contribution in [2.24, 2.45) is 0 Å². The minimum absolute atomic E-state index is 0.138. The fraction of sp³-hybridized carbons (Fsp3) is 0.727. The average Bonchev–Trinajstić information content (AvgIpc) is 2.20. The third-order valence-corrected chi connectivity index (χ3v) is 2.66. The molecule has 4 nitrogen and oxygen atoms in total. The first-order valence-electron chi connectivity index (χ1n) is 5.07. The van der Waals surface area contributed by atoms with Crippen molar-refractivity contribution in [3.63, 3.8) is 0 Å². The van der Waals surface area contributed by atoms with Gasteiger partial charge in [-0.05, 0) is 6.92 Å². The number of carbonyl (C=O) groups is 1. The van der Waals surface area contributed by atoms with Crippen LogP contribution in [0.1, 0.15) is 19.8 Å². The van der Waals surface area contributed by atoms with Crippen LogP contribution in [0.2, 0.25) is 0 Å². The van der Waals surface area contributed by atoms with Gasteiger partial charge in [-0.25, -0.2) is 0 Å². The molecule has 15 heavy (non-hydrogen) atoms. The number of nitrogens with one attached hydrogen (secondary N) is 1. The zero-order valence-electron chi connectivity index (χ0n) is 9.21. The Morgan fingerprint density at radius 2 is 2.33 bits per heavy atom. The van der Waals surface area contributed by atoms with E-state index in [0.29, 0.717) is 26.0 Å². The van der Waals surface area contributed by atoms with Gasteiger partial charge in [0.15, 0.2) is 0 Å². The predicted molar refractivity (Wildman–Crippen MR) is 56.2 cm³/mol. The molecule has 0 saturated heterocycles. The van der Waals surface area contributed by atoms with Crippen molar-refractivity contribution < 1.29 is 14.3 Å². The van der Waals surface area contributed by atoms with Gasteiger partial charge in [0.2, 0.25) is 0 Å². The molecule has 0 bridgehead atoms. The van der Waals surface area contributed by atoms with Crippen LogP contribution in [-0.2, 0) is 14.3 Å². The number of terminal acetylenes is 1. The summed E-state index contributed by atoms with van der Waals surface area (Å²) in [5.74, 6) is 2.20.